The van der Waals surface area contributed by atoms with Gasteiger partial charge < -0.3 is 10.2 Å². The van der Waals surface area contributed by atoms with Gasteiger partial charge in [-0.2, -0.15) is 10.2 Å². The van der Waals surface area contributed by atoms with Crippen LogP contribution in [0, 0.1) is 19.8 Å². The van der Waals surface area contributed by atoms with Gasteiger partial charge in [-0.3, -0.25) is 4.79 Å². The Morgan fingerprint density at radius 3 is 2.74 bits per heavy atom. The summed E-state index contributed by atoms with van der Waals surface area (Å²) in [6.07, 6.45) is 3.92. The number of unbranched alkanes of at least 4 members (excludes halogenated alkanes) is 1. The van der Waals surface area contributed by atoms with Crippen molar-refractivity contribution >= 4 is 34.2 Å². The summed E-state index contributed by atoms with van der Waals surface area (Å²) in [7, 11) is 0. The van der Waals surface area contributed by atoms with Crippen LogP contribution >= 0.6 is 11.6 Å². The van der Waals surface area contributed by atoms with Gasteiger partial charge >= 0.3 is 0 Å². The molecule has 2 aromatic heterocycles. The number of aromatic nitrogens is 4. The standard InChI is InChI=1S/C23H29ClN6O/c1-4-5-12-25-23(31)17-7-6-13-29(14-17)22-21-20(15(2)26-27-22)16(3)30(28-21)19-10-8-18(24)9-11-19/h8-11,17H,4-7,12-14H2,1-3H3,(H,25,31)/t17-/m0/s1. The fraction of sp³-hybridized carbons (Fsp3) is 0.478. The number of nitrogens with one attached hydrogen (secondary N) is 1. The van der Waals surface area contributed by atoms with E-state index in [0.29, 0.717) is 11.6 Å². The molecule has 0 radical (unpaired) electrons. The molecule has 0 saturated carbocycles. The number of rotatable bonds is 6. The highest BCUT2D eigenvalue weighted by molar-refractivity contribution is 6.30. The molecule has 3 heterocycles. The lowest BCUT2D eigenvalue weighted by Crippen LogP contribution is -2.43. The molecule has 164 valence electrons. The van der Waals surface area contributed by atoms with Crippen molar-refractivity contribution in [1.82, 2.24) is 25.3 Å². The number of aryl methyl sites for hydroxylation is 2. The number of amides is 1. The number of piperidine rings is 1. The third-order valence-corrected chi connectivity index (χ3v) is 6.23. The van der Waals surface area contributed by atoms with Crippen molar-refractivity contribution in [1.29, 1.82) is 0 Å². The number of carbonyl (C=O) groups is 1. The maximum absolute atomic E-state index is 12.6. The molecule has 1 aliphatic heterocycles. The average Bonchev–Trinajstić information content (AvgIpc) is 3.13. The molecule has 4 rings (SSSR count). The summed E-state index contributed by atoms with van der Waals surface area (Å²) in [6.45, 7) is 8.35. The van der Waals surface area contributed by atoms with E-state index in [2.05, 4.69) is 27.3 Å². The molecule has 0 unspecified atom stereocenters. The molecule has 1 aliphatic rings. The summed E-state index contributed by atoms with van der Waals surface area (Å²) in [4.78, 5) is 14.8. The van der Waals surface area contributed by atoms with Gasteiger partial charge in [0.05, 0.1) is 28.4 Å². The Balaban J connectivity index is 1.66. The molecule has 0 bridgehead atoms. The first kappa shape index (κ1) is 21.6. The lowest BCUT2D eigenvalue weighted by atomic mass is 9.97. The van der Waals surface area contributed by atoms with Gasteiger partial charge in [0.2, 0.25) is 5.91 Å². The van der Waals surface area contributed by atoms with Gasteiger partial charge in [-0.1, -0.05) is 24.9 Å². The van der Waals surface area contributed by atoms with E-state index in [9.17, 15) is 4.79 Å². The van der Waals surface area contributed by atoms with Crippen LogP contribution in [0.4, 0.5) is 5.82 Å². The molecule has 1 fully saturated rings. The number of carbonyl (C=O) groups excluding carboxylic acids is 1. The van der Waals surface area contributed by atoms with Crippen LogP contribution in [0.3, 0.4) is 0 Å². The van der Waals surface area contributed by atoms with E-state index < -0.39 is 0 Å². The van der Waals surface area contributed by atoms with Crippen LogP contribution in [0.1, 0.15) is 44.0 Å². The summed E-state index contributed by atoms with van der Waals surface area (Å²) in [5.41, 5.74) is 3.63. The maximum Gasteiger partial charge on any atom is 0.224 e. The van der Waals surface area contributed by atoms with Gasteiger partial charge in [0.1, 0.15) is 5.52 Å². The average molecular weight is 441 g/mol. The number of hydrogen-bond donors (Lipinski definition) is 1. The molecular formula is C23H29ClN6O. The molecule has 0 aliphatic carbocycles. The number of hydrogen-bond acceptors (Lipinski definition) is 5. The van der Waals surface area contributed by atoms with Crippen molar-refractivity contribution in [2.24, 2.45) is 5.92 Å². The van der Waals surface area contributed by atoms with Crippen molar-refractivity contribution in [2.75, 3.05) is 24.5 Å². The zero-order valence-electron chi connectivity index (χ0n) is 18.4. The molecule has 1 atom stereocenters. The van der Waals surface area contributed by atoms with E-state index in [-0.39, 0.29) is 11.8 Å². The van der Waals surface area contributed by atoms with E-state index in [1.165, 1.54) is 0 Å². The second-order valence-electron chi connectivity index (χ2n) is 8.24. The minimum atomic E-state index is -0.0387. The smallest absolute Gasteiger partial charge is 0.224 e. The van der Waals surface area contributed by atoms with Crippen molar-refractivity contribution in [3.8, 4) is 5.69 Å². The van der Waals surface area contributed by atoms with Crippen molar-refractivity contribution in [3.63, 3.8) is 0 Å². The Morgan fingerprint density at radius 1 is 1.23 bits per heavy atom. The van der Waals surface area contributed by atoms with Crippen LogP contribution in [0.15, 0.2) is 24.3 Å². The topological polar surface area (TPSA) is 75.9 Å². The zero-order chi connectivity index (χ0) is 22.0. The van der Waals surface area contributed by atoms with E-state index in [4.69, 9.17) is 16.7 Å². The molecule has 1 aromatic carbocycles. The first-order chi connectivity index (χ1) is 15.0. The molecule has 31 heavy (non-hydrogen) atoms. The first-order valence-corrected chi connectivity index (χ1v) is 11.4. The van der Waals surface area contributed by atoms with Crippen molar-refractivity contribution < 1.29 is 4.79 Å². The fourth-order valence-electron chi connectivity index (χ4n) is 4.27. The maximum atomic E-state index is 12.6. The third kappa shape index (κ3) is 4.37. The summed E-state index contributed by atoms with van der Waals surface area (Å²) in [5.74, 6) is 0.850. The van der Waals surface area contributed by atoms with Crippen molar-refractivity contribution in [2.45, 2.75) is 46.5 Å². The Labute approximate surface area is 187 Å². The van der Waals surface area contributed by atoms with E-state index in [1.54, 1.807) is 0 Å². The zero-order valence-corrected chi connectivity index (χ0v) is 19.1. The molecule has 1 amide bonds. The number of halogens is 1. The number of fused-ring (bicyclic) bond motifs is 1. The number of benzene rings is 1. The Bertz CT molecular complexity index is 1080. The molecule has 8 heteroatoms. The molecule has 3 aromatic rings. The lowest BCUT2D eigenvalue weighted by molar-refractivity contribution is -0.125. The second kappa shape index (κ2) is 9.22. The van der Waals surface area contributed by atoms with Crippen LogP contribution < -0.4 is 10.2 Å². The van der Waals surface area contributed by atoms with Crippen LogP contribution in [0.25, 0.3) is 16.6 Å². The minimum absolute atomic E-state index is 0.0387. The fourth-order valence-corrected chi connectivity index (χ4v) is 4.40. The van der Waals surface area contributed by atoms with Gasteiger partial charge in [0.25, 0.3) is 0 Å². The van der Waals surface area contributed by atoms with Crippen LogP contribution in [0.2, 0.25) is 5.02 Å². The van der Waals surface area contributed by atoms with Gasteiger partial charge in [-0.05, 0) is 57.4 Å². The van der Waals surface area contributed by atoms with Gasteiger partial charge in [-0.25, -0.2) is 4.68 Å². The summed E-state index contributed by atoms with van der Waals surface area (Å²) in [5, 5.41) is 18.6. The predicted molar refractivity (Wildman–Crippen MR) is 124 cm³/mol. The highest BCUT2D eigenvalue weighted by Crippen LogP contribution is 2.31. The highest BCUT2D eigenvalue weighted by Gasteiger charge is 2.29. The van der Waals surface area contributed by atoms with Crippen LogP contribution in [-0.2, 0) is 4.79 Å². The molecular weight excluding hydrogens is 412 g/mol. The minimum Gasteiger partial charge on any atom is -0.356 e. The second-order valence-corrected chi connectivity index (χ2v) is 8.67. The van der Waals surface area contributed by atoms with Crippen LogP contribution in [0.5, 0.6) is 0 Å². The Kier molecular flexibility index (Phi) is 6.41. The van der Waals surface area contributed by atoms with E-state index in [0.717, 1.165) is 72.6 Å². The monoisotopic (exact) mass is 440 g/mol. The first-order valence-electron chi connectivity index (χ1n) is 11.0. The molecule has 0 spiro atoms. The van der Waals surface area contributed by atoms with Crippen LogP contribution in [-0.4, -0.2) is 45.5 Å². The van der Waals surface area contributed by atoms with Gasteiger partial charge in [-0.15, -0.1) is 5.10 Å². The Hall–Kier alpha value is -2.67. The highest BCUT2D eigenvalue weighted by atomic mass is 35.5. The SMILES string of the molecule is CCCCNC(=O)[C@H]1CCCN(c2nnc(C)c3c(C)n(-c4ccc(Cl)cc4)nc23)C1. The summed E-state index contributed by atoms with van der Waals surface area (Å²) in [6, 6.07) is 7.63. The predicted octanol–water partition coefficient (Wildman–Crippen LogP) is 4.22. The summed E-state index contributed by atoms with van der Waals surface area (Å²) < 4.78 is 1.92. The largest absolute Gasteiger partial charge is 0.356 e. The molecule has 1 saturated heterocycles. The van der Waals surface area contributed by atoms with E-state index >= 15 is 0 Å². The van der Waals surface area contributed by atoms with E-state index in [1.807, 2.05) is 42.8 Å². The summed E-state index contributed by atoms with van der Waals surface area (Å²) >= 11 is 6.06. The molecule has 1 N–H and O–H groups in total. The normalized spacial score (nSPS) is 16.6. The third-order valence-electron chi connectivity index (χ3n) is 5.98. The quantitative estimate of drug-likeness (QED) is 0.581. The molecule has 7 nitrogen and oxygen atoms in total. The van der Waals surface area contributed by atoms with Gasteiger partial charge in [0, 0.05) is 24.7 Å². The lowest BCUT2D eigenvalue weighted by Gasteiger charge is -2.32. The Morgan fingerprint density at radius 2 is 2.00 bits per heavy atom. The van der Waals surface area contributed by atoms with Gasteiger partial charge in [0.15, 0.2) is 5.82 Å². The number of nitrogens with zero attached hydrogens (tertiary/aromatic N) is 5. The number of anilines is 1. The van der Waals surface area contributed by atoms with Crippen molar-refractivity contribution in [3.05, 3.63) is 40.7 Å².